The van der Waals surface area contributed by atoms with E-state index in [0.717, 1.165) is 25.9 Å². The van der Waals surface area contributed by atoms with Gasteiger partial charge in [-0.15, -0.1) is 0 Å². The molecule has 2 saturated heterocycles. The Morgan fingerprint density at radius 1 is 1.46 bits per heavy atom. The van der Waals surface area contributed by atoms with Gasteiger partial charge in [0.05, 0.1) is 13.2 Å². The minimum atomic E-state index is -0.215. The van der Waals surface area contributed by atoms with Crippen molar-refractivity contribution in [2.75, 3.05) is 31.6 Å². The van der Waals surface area contributed by atoms with Crippen LogP contribution in [-0.2, 0) is 14.9 Å². The average molecular weight is 354 g/mol. The molecule has 1 aliphatic carbocycles. The fourth-order valence-corrected chi connectivity index (χ4v) is 6.36. The number of aliphatic hydroxyl groups excluding tert-OH is 1. The number of esters is 1. The molecule has 26 heavy (non-hydrogen) atoms. The van der Waals surface area contributed by atoms with Crippen molar-refractivity contribution >= 4 is 11.7 Å². The van der Waals surface area contributed by atoms with E-state index in [4.69, 9.17) is 4.74 Å². The van der Waals surface area contributed by atoms with Gasteiger partial charge in [-0.3, -0.25) is 9.69 Å². The topological polar surface area (TPSA) is 61.8 Å². The normalized spacial score (nSPS) is 38.6. The number of para-hydroxylation sites is 1. The van der Waals surface area contributed by atoms with Crippen LogP contribution >= 0.6 is 0 Å². The Hall–Kier alpha value is -1.85. The maximum atomic E-state index is 11.5. The summed E-state index contributed by atoms with van der Waals surface area (Å²) in [5, 5.41) is 13.3. The SMILES string of the molecule is CC(=O)OC[C@H]1[C@H]2C[C@@H]3N(CC[C@@]34c3ccccc3N[C@@H]14)CC2=CCO. The number of nitrogens with zero attached hydrogens (tertiary/aromatic N) is 1. The summed E-state index contributed by atoms with van der Waals surface area (Å²) in [6.07, 6.45) is 4.21. The van der Waals surface area contributed by atoms with Crippen molar-refractivity contribution < 1.29 is 14.6 Å². The van der Waals surface area contributed by atoms with Gasteiger partial charge in [0.15, 0.2) is 0 Å². The van der Waals surface area contributed by atoms with E-state index < -0.39 is 0 Å². The van der Waals surface area contributed by atoms with Gasteiger partial charge >= 0.3 is 5.97 Å². The Labute approximate surface area is 154 Å². The summed E-state index contributed by atoms with van der Waals surface area (Å²) in [4.78, 5) is 14.1. The zero-order valence-corrected chi connectivity index (χ0v) is 15.1. The Kier molecular flexibility index (Phi) is 3.66. The molecule has 0 aromatic heterocycles. The van der Waals surface area contributed by atoms with Crippen LogP contribution in [-0.4, -0.2) is 54.4 Å². The first kappa shape index (κ1) is 16.3. The molecule has 5 atom stereocenters. The number of aliphatic hydroxyl groups is 1. The lowest BCUT2D eigenvalue weighted by Gasteiger charge is -2.54. The number of fused-ring (bicyclic) bond motifs is 2. The third-order valence-electron chi connectivity index (χ3n) is 7.26. The third kappa shape index (κ3) is 2.07. The van der Waals surface area contributed by atoms with Gasteiger partial charge in [-0.25, -0.2) is 0 Å². The van der Waals surface area contributed by atoms with Crippen LogP contribution in [0.1, 0.15) is 25.3 Å². The zero-order valence-electron chi connectivity index (χ0n) is 15.1. The maximum Gasteiger partial charge on any atom is 0.302 e. The molecule has 5 heteroatoms. The second kappa shape index (κ2) is 5.83. The van der Waals surface area contributed by atoms with Crippen LogP contribution in [0.3, 0.4) is 0 Å². The molecule has 0 amide bonds. The molecule has 3 aliphatic heterocycles. The van der Waals surface area contributed by atoms with Gasteiger partial charge in [0.1, 0.15) is 0 Å². The fraction of sp³-hybridized carbons (Fsp3) is 0.571. The quantitative estimate of drug-likeness (QED) is 0.642. The highest BCUT2D eigenvalue weighted by Crippen LogP contribution is 2.61. The van der Waals surface area contributed by atoms with Gasteiger partial charge in [-0.2, -0.15) is 0 Å². The predicted molar refractivity (Wildman–Crippen MR) is 98.9 cm³/mol. The molecule has 2 N–H and O–H groups in total. The summed E-state index contributed by atoms with van der Waals surface area (Å²) in [5.74, 6) is 0.384. The number of anilines is 1. The van der Waals surface area contributed by atoms with Crippen molar-refractivity contribution in [2.24, 2.45) is 11.8 Å². The smallest absolute Gasteiger partial charge is 0.302 e. The van der Waals surface area contributed by atoms with E-state index in [1.54, 1.807) is 0 Å². The van der Waals surface area contributed by atoms with E-state index >= 15 is 0 Å². The second-order valence-corrected chi connectivity index (χ2v) is 8.21. The minimum Gasteiger partial charge on any atom is -0.465 e. The van der Waals surface area contributed by atoms with Crippen molar-refractivity contribution in [2.45, 2.75) is 37.3 Å². The van der Waals surface area contributed by atoms with Gasteiger partial charge < -0.3 is 15.2 Å². The van der Waals surface area contributed by atoms with Crippen LogP contribution in [0.15, 0.2) is 35.9 Å². The zero-order chi connectivity index (χ0) is 17.9. The van der Waals surface area contributed by atoms with Gasteiger partial charge in [0, 0.05) is 42.6 Å². The average Bonchev–Trinajstić information content (AvgIpc) is 3.18. The molecular formula is C21H26N2O3. The Morgan fingerprint density at radius 3 is 3.12 bits per heavy atom. The summed E-state index contributed by atoms with van der Waals surface area (Å²) in [7, 11) is 0. The molecule has 138 valence electrons. The largest absolute Gasteiger partial charge is 0.465 e. The molecular weight excluding hydrogens is 328 g/mol. The van der Waals surface area contributed by atoms with Crippen molar-refractivity contribution in [3.05, 3.63) is 41.5 Å². The highest BCUT2D eigenvalue weighted by atomic mass is 16.5. The van der Waals surface area contributed by atoms with Crippen LogP contribution in [0.2, 0.25) is 0 Å². The second-order valence-electron chi connectivity index (χ2n) is 8.21. The molecule has 3 heterocycles. The van der Waals surface area contributed by atoms with E-state index in [0.29, 0.717) is 18.6 Å². The molecule has 4 aliphatic rings. The number of carbonyl (C=O) groups is 1. The lowest BCUT2D eigenvalue weighted by Crippen LogP contribution is -2.62. The first-order chi connectivity index (χ1) is 12.6. The molecule has 1 spiro atoms. The van der Waals surface area contributed by atoms with E-state index in [1.807, 2.05) is 6.08 Å². The molecule has 0 unspecified atom stereocenters. The lowest BCUT2D eigenvalue weighted by atomic mass is 9.56. The van der Waals surface area contributed by atoms with E-state index in [2.05, 4.69) is 34.5 Å². The van der Waals surface area contributed by atoms with E-state index in [9.17, 15) is 9.90 Å². The standard InChI is InChI=1S/C21H26N2O3/c1-13(25)26-12-16-15-10-19-21(7-8-23(19)11-14(15)6-9-24)17-4-2-3-5-18(17)22-20(16)21/h2-6,15-16,19-20,22,24H,7-12H2,1H3/t15-,16-,19-,20-,21+/m0/s1. The number of hydrogen-bond donors (Lipinski definition) is 2. The predicted octanol–water partition coefficient (Wildman–Crippen LogP) is 1.92. The molecule has 0 radical (unpaired) electrons. The summed E-state index contributed by atoms with van der Waals surface area (Å²) < 4.78 is 5.53. The summed E-state index contributed by atoms with van der Waals surface area (Å²) in [5.41, 5.74) is 4.11. The molecule has 1 saturated carbocycles. The molecule has 1 aromatic rings. The van der Waals surface area contributed by atoms with Gasteiger partial charge in [-0.1, -0.05) is 29.8 Å². The summed E-state index contributed by atoms with van der Waals surface area (Å²) >= 11 is 0. The summed E-state index contributed by atoms with van der Waals surface area (Å²) in [6, 6.07) is 9.51. The van der Waals surface area contributed by atoms with E-state index in [1.165, 1.54) is 23.7 Å². The Bertz CT molecular complexity index is 776. The Morgan fingerprint density at radius 2 is 2.31 bits per heavy atom. The van der Waals surface area contributed by atoms with Crippen LogP contribution in [0.4, 0.5) is 5.69 Å². The Balaban J connectivity index is 1.61. The first-order valence-electron chi connectivity index (χ1n) is 9.68. The van der Waals surface area contributed by atoms with Crippen molar-refractivity contribution in [3.63, 3.8) is 0 Å². The van der Waals surface area contributed by atoms with Crippen molar-refractivity contribution in [3.8, 4) is 0 Å². The number of rotatable bonds is 3. The fourth-order valence-electron chi connectivity index (χ4n) is 6.36. The first-order valence-corrected chi connectivity index (χ1v) is 9.68. The number of hydrogen-bond acceptors (Lipinski definition) is 5. The molecule has 3 fully saturated rings. The minimum absolute atomic E-state index is 0.0775. The summed E-state index contributed by atoms with van der Waals surface area (Å²) in [6.45, 7) is 4.04. The van der Waals surface area contributed by atoms with Crippen molar-refractivity contribution in [1.29, 1.82) is 0 Å². The van der Waals surface area contributed by atoms with E-state index in [-0.39, 0.29) is 30.0 Å². The molecule has 2 bridgehead atoms. The number of benzene rings is 1. The lowest BCUT2D eigenvalue weighted by molar-refractivity contribution is -0.144. The van der Waals surface area contributed by atoms with Crippen molar-refractivity contribution in [1.82, 2.24) is 4.90 Å². The molecule has 1 aromatic carbocycles. The number of carbonyl (C=O) groups excluding carboxylic acids is 1. The van der Waals surface area contributed by atoms with Crippen LogP contribution in [0, 0.1) is 11.8 Å². The third-order valence-corrected chi connectivity index (χ3v) is 7.26. The van der Waals surface area contributed by atoms with Gasteiger partial charge in [0.2, 0.25) is 0 Å². The van der Waals surface area contributed by atoms with Crippen LogP contribution in [0.5, 0.6) is 0 Å². The highest BCUT2D eigenvalue weighted by Gasteiger charge is 2.65. The van der Waals surface area contributed by atoms with Gasteiger partial charge in [-0.05, 0) is 36.9 Å². The molecule has 5 nitrogen and oxygen atoms in total. The maximum absolute atomic E-state index is 11.5. The number of ether oxygens (including phenoxy) is 1. The molecule has 5 rings (SSSR count). The number of piperidine rings is 1. The number of nitrogens with one attached hydrogen (secondary N) is 1. The van der Waals surface area contributed by atoms with Gasteiger partial charge in [0.25, 0.3) is 0 Å². The highest BCUT2D eigenvalue weighted by molar-refractivity contribution is 5.67. The van der Waals surface area contributed by atoms with Crippen LogP contribution in [0.25, 0.3) is 0 Å². The van der Waals surface area contributed by atoms with Crippen LogP contribution < -0.4 is 5.32 Å². The monoisotopic (exact) mass is 354 g/mol.